The predicted octanol–water partition coefficient (Wildman–Crippen LogP) is 1.43. The zero-order valence-corrected chi connectivity index (χ0v) is 8.95. The molecule has 0 bridgehead atoms. The molecule has 2 atom stereocenters. The zero-order valence-electron chi connectivity index (χ0n) is 7.37. The van der Waals surface area contributed by atoms with Gasteiger partial charge in [-0.2, -0.15) is 0 Å². The average Bonchev–Trinajstić information content (AvgIpc) is 2.70. The minimum atomic E-state index is -0.771. The van der Waals surface area contributed by atoms with Gasteiger partial charge in [0.15, 0.2) is 4.67 Å². The quantitative estimate of drug-likeness (QED) is 0.844. The van der Waals surface area contributed by atoms with Crippen LogP contribution in [-0.2, 0) is 4.79 Å². The summed E-state index contributed by atoms with van der Waals surface area (Å²) in [5.74, 6) is -0.478. The highest BCUT2D eigenvalue weighted by molar-refractivity contribution is 9.10. The molecule has 0 saturated carbocycles. The summed E-state index contributed by atoms with van der Waals surface area (Å²) in [7, 11) is 0. The lowest BCUT2D eigenvalue weighted by atomic mass is 9.94. The van der Waals surface area contributed by atoms with E-state index in [0.29, 0.717) is 17.8 Å². The standard InChI is InChI=1S/C9H10BrNO3/c10-8-2-1-7(14-8)5-3-11-4-6(5)9(12)13/h1-2,5-6,11H,3-4H2,(H,12,13)/t5-,6-/m1/s1. The Morgan fingerprint density at radius 3 is 2.93 bits per heavy atom. The second-order valence-electron chi connectivity index (χ2n) is 3.35. The van der Waals surface area contributed by atoms with Gasteiger partial charge in [0.05, 0.1) is 5.92 Å². The lowest BCUT2D eigenvalue weighted by molar-refractivity contribution is -0.141. The Morgan fingerprint density at radius 2 is 2.36 bits per heavy atom. The summed E-state index contributed by atoms with van der Waals surface area (Å²) in [6.45, 7) is 1.18. The fourth-order valence-corrected chi connectivity index (χ4v) is 2.08. The summed E-state index contributed by atoms with van der Waals surface area (Å²) >= 11 is 3.20. The molecule has 0 spiro atoms. The highest BCUT2D eigenvalue weighted by atomic mass is 79.9. The van der Waals surface area contributed by atoms with Gasteiger partial charge in [-0.1, -0.05) is 0 Å². The number of carboxylic acid groups (broad SMARTS) is 1. The first kappa shape index (κ1) is 9.73. The van der Waals surface area contributed by atoms with E-state index in [-0.39, 0.29) is 11.8 Å². The van der Waals surface area contributed by atoms with Crippen LogP contribution in [0.15, 0.2) is 21.2 Å². The number of hydrogen-bond acceptors (Lipinski definition) is 3. The molecule has 0 radical (unpaired) electrons. The van der Waals surface area contributed by atoms with Crippen molar-refractivity contribution >= 4 is 21.9 Å². The number of furan rings is 1. The largest absolute Gasteiger partial charge is 0.481 e. The van der Waals surface area contributed by atoms with Crippen molar-refractivity contribution in [2.24, 2.45) is 5.92 Å². The molecule has 0 unspecified atom stereocenters. The van der Waals surface area contributed by atoms with Crippen LogP contribution in [0, 0.1) is 5.92 Å². The Hall–Kier alpha value is -0.810. The summed E-state index contributed by atoms with van der Waals surface area (Å²) in [4.78, 5) is 10.9. The van der Waals surface area contributed by atoms with Crippen molar-refractivity contribution in [2.45, 2.75) is 5.92 Å². The van der Waals surface area contributed by atoms with Crippen molar-refractivity contribution in [3.05, 3.63) is 22.6 Å². The molecule has 1 aliphatic rings. The van der Waals surface area contributed by atoms with E-state index in [0.717, 1.165) is 5.76 Å². The van der Waals surface area contributed by atoms with Gasteiger partial charge in [0.2, 0.25) is 0 Å². The van der Waals surface area contributed by atoms with Gasteiger partial charge in [0.1, 0.15) is 5.76 Å². The first-order valence-corrected chi connectivity index (χ1v) is 5.16. The van der Waals surface area contributed by atoms with Crippen LogP contribution in [0.1, 0.15) is 11.7 Å². The van der Waals surface area contributed by atoms with Gasteiger partial charge in [-0.3, -0.25) is 4.79 Å². The minimum absolute atomic E-state index is 0.0567. The molecule has 4 nitrogen and oxygen atoms in total. The van der Waals surface area contributed by atoms with Crippen molar-refractivity contribution in [3.63, 3.8) is 0 Å². The number of hydrogen-bond donors (Lipinski definition) is 2. The monoisotopic (exact) mass is 259 g/mol. The van der Waals surface area contributed by atoms with Gasteiger partial charge in [0.25, 0.3) is 0 Å². The molecule has 1 fully saturated rings. The lowest BCUT2D eigenvalue weighted by Crippen LogP contribution is -2.20. The Labute approximate surface area is 89.4 Å². The molecule has 76 valence electrons. The maximum Gasteiger partial charge on any atom is 0.308 e. The Kier molecular flexibility index (Phi) is 2.60. The third-order valence-corrected chi connectivity index (χ3v) is 2.92. The Bertz CT molecular complexity index is 350. The predicted molar refractivity (Wildman–Crippen MR) is 53.1 cm³/mol. The maximum absolute atomic E-state index is 10.9. The summed E-state index contributed by atoms with van der Waals surface area (Å²) in [6.07, 6.45) is 0. The van der Waals surface area contributed by atoms with E-state index >= 15 is 0 Å². The SMILES string of the molecule is O=C(O)[C@@H]1CNC[C@H]1c1ccc(Br)o1. The van der Waals surface area contributed by atoms with Gasteiger partial charge in [-0.05, 0) is 28.1 Å². The van der Waals surface area contributed by atoms with Crippen molar-refractivity contribution in [1.82, 2.24) is 5.32 Å². The average molecular weight is 260 g/mol. The molecule has 1 aliphatic heterocycles. The van der Waals surface area contributed by atoms with Crippen molar-refractivity contribution < 1.29 is 14.3 Å². The molecule has 14 heavy (non-hydrogen) atoms. The molecule has 1 aromatic rings. The van der Waals surface area contributed by atoms with Gasteiger partial charge in [-0.15, -0.1) is 0 Å². The van der Waals surface area contributed by atoms with Crippen LogP contribution in [0.3, 0.4) is 0 Å². The zero-order chi connectivity index (χ0) is 10.1. The van der Waals surface area contributed by atoms with E-state index in [2.05, 4.69) is 21.2 Å². The van der Waals surface area contributed by atoms with Gasteiger partial charge < -0.3 is 14.8 Å². The lowest BCUT2D eigenvalue weighted by Gasteiger charge is -2.10. The Morgan fingerprint density at radius 1 is 1.57 bits per heavy atom. The normalized spacial score (nSPS) is 26.6. The smallest absolute Gasteiger partial charge is 0.308 e. The summed E-state index contributed by atoms with van der Waals surface area (Å²) < 4.78 is 6.00. The summed E-state index contributed by atoms with van der Waals surface area (Å²) in [6, 6.07) is 3.60. The molecule has 1 saturated heterocycles. The molecule has 1 aromatic heterocycles. The molecular weight excluding hydrogens is 250 g/mol. The number of aliphatic carboxylic acids is 1. The minimum Gasteiger partial charge on any atom is -0.481 e. The third-order valence-electron chi connectivity index (χ3n) is 2.49. The van der Waals surface area contributed by atoms with E-state index in [1.165, 1.54) is 0 Å². The molecular formula is C9H10BrNO3. The second-order valence-corrected chi connectivity index (χ2v) is 4.13. The summed E-state index contributed by atoms with van der Waals surface area (Å²) in [5, 5.41) is 12.0. The molecule has 5 heteroatoms. The van der Waals surface area contributed by atoms with Crippen molar-refractivity contribution in [3.8, 4) is 0 Å². The van der Waals surface area contributed by atoms with E-state index in [9.17, 15) is 4.79 Å². The van der Waals surface area contributed by atoms with Crippen LogP contribution in [0.5, 0.6) is 0 Å². The highest BCUT2D eigenvalue weighted by Crippen LogP contribution is 2.30. The fourth-order valence-electron chi connectivity index (χ4n) is 1.76. The second kappa shape index (κ2) is 3.74. The van der Waals surface area contributed by atoms with Crippen molar-refractivity contribution in [1.29, 1.82) is 0 Å². The van der Waals surface area contributed by atoms with E-state index in [1.807, 2.05) is 6.07 Å². The Balaban J connectivity index is 2.21. The number of carbonyl (C=O) groups is 1. The van der Waals surface area contributed by atoms with Crippen LogP contribution in [0.2, 0.25) is 0 Å². The van der Waals surface area contributed by atoms with Crippen LogP contribution >= 0.6 is 15.9 Å². The van der Waals surface area contributed by atoms with Crippen LogP contribution in [0.4, 0.5) is 0 Å². The number of carboxylic acids is 1. The first-order chi connectivity index (χ1) is 6.68. The van der Waals surface area contributed by atoms with Crippen LogP contribution < -0.4 is 5.32 Å². The number of halogens is 1. The van der Waals surface area contributed by atoms with Crippen LogP contribution in [0.25, 0.3) is 0 Å². The molecule has 0 aromatic carbocycles. The van der Waals surface area contributed by atoms with E-state index in [4.69, 9.17) is 9.52 Å². The summed E-state index contributed by atoms with van der Waals surface area (Å²) in [5.41, 5.74) is 0. The molecule has 0 amide bonds. The number of rotatable bonds is 2. The fraction of sp³-hybridized carbons (Fsp3) is 0.444. The van der Waals surface area contributed by atoms with E-state index < -0.39 is 5.97 Å². The molecule has 2 N–H and O–H groups in total. The van der Waals surface area contributed by atoms with E-state index in [1.54, 1.807) is 6.07 Å². The molecule has 0 aliphatic carbocycles. The van der Waals surface area contributed by atoms with Gasteiger partial charge in [-0.25, -0.2) is 0 Å². The van der Waals surface area contributed by atoms with Crippen molar-refractivity contribution in [2.75, 3.05) is 13.1 Å². The van der Waals surface area contributed by atoms with Crippen LogP contribution in [-0.4, -0.2) is 24.2 Å². The highest BCUT2D eigenvalue weighted by Gasteiger charge is 2.35. The molecule has 2 heterocycles. The maximum atomic E-state index is 10.9. The molecule has 2 rings (SSSR count). The van der Waals surface area contributed by atoms with Gasteiger partial charge >= 0.3 is 5.97 Å². The third kappa shape index (κ3) is 1.69. The first-order valence-electron chi connectivity index (χ1n) is 4.37. The number of nitrogens with one attached hydrogen (secondary N) is 1. The van der Waals surface area contributed by atoms with Gasteiger partial charge in [0, 0.05) is 19.0 Å². The topological polar surface area (TPSA) is 62.5 Å².